The average molecular weight is 184 g/mol. The zero-order valence-corrected chi connectivity index (χ0v) is 8.84. The third kappa shape index (κ3) is 2.02. The summed E-state index contributed by atoms with van der Waals surface area (Å²) in [5.74, 6) is 0.126. The molecular formula is C10H20N2O. The van der Waals surface area contributed by atoms with Crippen molar-refractivity contribution in [3.05, 3.63) is 0 Å². The van der Waals surface area contributed by atoms with E-state index in [9.17, 15) is 4.79 Å². The minimum atomic E-state index is -0.503. The van der Waals surface area contributed by atoms with Gasteiger partial charge in [-0.15, -0.1) is 0 Å². The van der Waals surface area contributed by atoms with Crippen LogP contribution in [0.4, 0.5) is 0 Å². The van der Waals surface area contributed by atoms with Gasteiger partial charge in [0.2, 0.25) is 5.91 Å². The predicted octanol–water partition coefficient (Wildman–Crippen LogP) is 1.12. The van der Waals surface area contributed by atoms with Crippen LogP contribution in [-0.2, 0) is 4.79 Å². The zero-order chi connectivity index (χ0) is 10.1. The van der Waals surface area contributed by atoms with Crippen molar-refractivity contribution >= 4 is 5.91 Å². The lowest BCUT2D eigenvalue weighted by Crippen LogP contribution is -2.47. The Morgan fingerprint density at radius 3 is 2.23 bits per heavy atom. The Kier molecular flexibility index (Phi) is 2.96. The summed E-state index contributed by atoms with van der Waals surface area (Å²) in [7, 11) is 1.87. The summed E-state index contributed by atoms with van der Waals surface area (Å²) < 4.78 is 0. The van der Waals surface area contributed by atoms with Crippen molar-refractivity contribution in [3.63, 3.8) is 0 Å². The Labute approximate surface area is 80.3 Å². The molecule has 0 atom stereocenters. The zero-order valence-electron chi connectivity index (χ0n) is 8.84. The Bertz CT molecular complexity index is 195. The lowest BCUT2D eigenvalue weighted by molar-refractivity contribution is -0.134. The summed E-state index contributed by atoms with van der Waals surface area (Å²) in [5.41, 5.74) is 5.34. The van der Waals surface area contributed by atoms with E-state index in [4.69, 9.17) is 5.73 Å². The highest BCUT2D eigenvalue weighted by Gasteiger charge is 2.48. The Hall–Kier alpha value is -0.570. The van der Waals surface area contributed by atoms with Gasteiger partial charge in [0.15, 0.2) is 0 Å². The van der Waals surface area contributed by atoms with Gasteiger partial charge in [0.05, 0.1) is 5.54 Å². The van der Waals surface area contributed by atoms with Crippen LogP contribution in [-0.4, -0.2) is 29.4 Å². The van der Waals surface area contributed by atoms with Gasteiger partial charge in [-0.3, -0.25) is 4.79 Å². The predicted molar refractivity (Wildman–Crippen MR) is 53.3 cm³/mol. The van der Waals surface area contributed by atoms with Crippen LogP contribution in [0.15, 0.2) is 0 Å². The third-order valence-corrected chi connectivity index (χ3v) is 3.03. The fourth-order valence-corrected chi connectivity index (χ4v) is 1.70. The second-order valence-corrected chi connectivity index (χ2v) is 4.04. The maximum absolute atomic E-state index is 11.8. The van der Waals surface area contributed by atoms with E-state index in [1.54, 1.807) is 0 Å². The van der Waals surface area contributed by atoms with Gasteiger partial charge in [0.1, 0.15) is 0 Å². The van der Waals surface area contributed by atoms with Crippen LogP contribution < -0.4 is 5.73 Å². The molecule has 0 spiro atoms. The summed E-state index contributed by atoms with van der Waals surface area (Å²) in [4.78, 5) is 13.6. The molecule has 0 aromatic carbocycles. The molecule has 0 saturated heterocycles. The molecule has 0 bridgehead atoms. The van der Waals surface area contributed by atoms with Gasteiger partial charge in [-0.1, -0.05) is 13.8 Å². The molecule has 1 rings (SSSR count). The van der Waals surface area contributed by atoms with Crippen molar-refractivity contribution in [2.45, 2.75) is 51.1 Å². The molecule has 0 heterocycles. The molecule has 3 nitrogen and oxygen atoms in total. The van der Waals surface area contributed by atoms with E-state index in [2.05, 4.69) is 13.8 Å². The maximum atomic E-state index is 11.8. The molecule has 1 saturated carbocycles. The van der Waals surface area contributed by atoms with Gasteiger partial charge >= 0.3 is 0 Å². The fourth-order valence-electron chi connectivity index (χ4n) is 1.70. The molecule has 0 aromatic heterocycles. The summed E-state index contributed by atoms with van der Waals surface area (Å²) in [5, 5.41) is 0. The maximum Gasteiger partial charge on any atom is 0.242 e. The smallest absolute Gasteiger partial charge is 0.242 e. The summed E-state index contributed by atoms with van der Waals surface area (Å²) >= 11 is 0. The number of carbonyl (C=O) groups excluding carboxylic acids is 1. The van der Waals surface area contributed by atoms with Crippen LogP contribution in [0.5, 0.6) is 0 Å². The molecule has 1 aliphatic carbocycles. The van der Waals surface area contributed by atoms with Crippen molar-refractivity contribution in [2.24, 2.45) is 5.73 Å². The van der Waals surface area contributed by atoms with Gasteiger partial charge < -0.3 is 10.6 Å². The number of hydrogen-bond donors (Lipinski definition) is 1. The van der Waals surface area contributed by atoms with Gasteiger partial charge in [0.25, 0.3) is 0 Å². The molecule has 1 amide bonds. The van der Waals surface area contributed by atoms with Gasteiger partial charge in [-0.25, -0.2) is 0 Å². The van der Waals surface area contributed by atoms with Crippen LogP contribution >= 0.6 is 0 Å². The number of nitrogens with two attached hydrogens (primary N) is 1. The van der Waals surface area contributed by atoms with Gasteiger partial charge in [-0.05, 0) is 25.7 Å². The topological polar surface area (TPSA) is 46.3 Å². The van der Waals surface area contributed by atoms with Crippen LogP contribution in [0.3, 0.4) is 0 Å². The molecule has 76 valence electrons. The molecular weight excluding hydrogens is 164 g/mol. The number of rotatable bonds is 4. The van der Waals surface area contributed by atoms with Gasteiger partial charge in [0, 0.05) is 13.1 Å². The first-order valence-electron chi connectivity index (χ1n) is 5.11. The highest BCUT2D eigenvalue weighted by Crippen LogP contribution is 2.34. The van der Waals surface area contributed by atoms with Crippen molar-refractivity contribution in [1.82, 2.24) is 4.90 Å². The Balaban J connectivity index is 2.55. The molecule has 3 heteroatoms. The monoisotopic (exact) mass is 184 g/mol. The van der Waals surface area contributed by atoms with E-state index in [-0.39, 0.29) is 5.91 Å². The van der Waals surface area contributed by atoms with E-state index in [0.29, 0.717) is 6.04 Å². The first-order valence-corrected chi connectivity index (χ1v) is 5.11. The quantitative estimate of drug-likeness (QED) is 0.711. The van der Waals surface area contributed by atoms with E-state index in [1.165, 1.54) is 0 Å². The number of amides is 1. The van der Waals surface area contributed by atoms with Crippen molar-refractivity contribution in [3.8, 4) is 0 Å². The second-order valence-electron chi connectivity index (χ2n) is 4.04. The van der Waals surface area contributed by atoms with Crippen LogP contribution in [0.2, 0.25) is 0 Å². The highest BCUT2D eigenvalue weighted by molar-refractivity contribution is 5.89. The van der Waals surface area contributed by atoms with Crippen molar-refractivity contribution in [2.75, 3.05) is 7.05 Å². The molecule has 2 N–H and O–H groups in total. The Morgan fingerprint density at radius 2 is 1.92 bits per heavy atom. The normalized spacial score (nSPS) is 18.8. The number of hydrogen-bond acceptors (Lipinski definition) is 2. The average Bonchev–Trinajstić information content (AvgIpc) is 2.85. The number of nitrogens with zero attached hydrogens (tertiary/aromatic N) is 1. The minimum Gasteiger partial charge on any atom is -0.341 e. The van der Waals surface area contributed by atoms with Crippen LogP contribution in [0, 0.1) is 0 Å². The van der Waals surface area contributed by atoms with E-state index in [0.717, 1.165) is 25.7 Å². The summed E-state index contributed by atoms with van der Waals surface area (Å²) in [6.07, 6.45) is 3.73. The van der Waals surface area contributed by atoms with Crippen LogP contribution in [0.1, 0.15) is 39.5 Å². The highest BCUT2D eigenvalue weighted by atomic mass is 16.2. The number of likely N-dealkylation sites (N-methyl/N-ethyl adjacent to an activating group) is 1. The van der Waals surface area contributed by atoms with Crippen molar-refractivity contribution < 1.29 is 4.79 Å². The van der Waals surface area contributed by atoms with E-state index in [1.807, 2.05) is 11.9 Å². The minimum absolute atomic E-state index is 0.126. The van der Waals surface area contributed by atoms with Gasteiger partial charge in [-0.2, -0.15) is 0 Å². The van der Waals surface area contributed by atoms with E-state index >= 15 is 0 Å². The molecule has 0 radical (unpaired) electrons. The summed E-state index contributed by atoms with van der Waals surface area (Å²) in [6, 6.07) is 0.355. The second kappa shape index (κ2) is 3.66. The Morgan fingerprint density at radius 1 is 1.46 bits per heavy atom. The van der Waals surface area contributed by atoms with Crippen LogP contribution in [0.25, 0.3) is 0 Å². The largest absolute Gasteiger partial charge is 0.341 e. The molecule has 0 aromatic rings. The molecule has 0 unspecified atom stereocenters. The first-order chi connectivity index (χ1) is 6.05. The SMILES string of the molecule is CCC(CC)N(C)C(=O)C1(N)CC1. The molecule has 1 fully saturated rings. The molecule has 1 aliphatic rings. The summed E-state index contributed by atoms with van der Waals surface area (Å²) in [6.45, 7) is 4.21. The molecule has 0 aliphatic heterocycles. The molecule has 13 heavy (non-hydrogen) atoms. The fraction of sp³-hybridized carbons (Fsp3) is 0.900. The first kappa shape index (κ1) is 10.5. The third-order valence-electron chi connectivity index (χ3n) is 3.03. The number of carbonyl (C=O) groups is 1. The van der Waals surface area contributed by atoms with Crippen molar-refractivity contribution in [1.29, 1.82) is 0 Å². The standard InChI is InChI=1S/C10H20N2O/c1-4-8(5-2)12(3)9(13)10(11)6-7-10/h8H,4-7,11H2,1-3H3. The lowest BCUT2D eigenvalue weighted by atomic mass is 10.1. The lowest BCUT2D eigenvalue weighted by Gasteiger charge is -2.28. The van der Waals surface area contributed by atoms with E-state index < -0.39 is 5.54 Å².